The highest BCUT2D eigenvalue weighted by Gasteiger charge is 2.49. The highest BCUT2D eigenvalue weighted by atomic mass is 35.5. The number of aliphatic hydroxyl groups is 1. The van der Waals surface area contributed by atoms with Gasteiger partial charge >= 0.3 is 6.03 Å². The molecule has 1 saturated carbocycles. The normalized spacial score (nSPS) is 28.0. The molecular weight excluding hydrogens is 336 g/mol. The van der Waals surface area contributed by atoms with E-state index in [1.807, 2.05) is 47.4 Å². The largest absolute Gasteiger partial charge is 0.385 e. The van der Waals surface area contributed by atoms with Gasteiger partial charge in [0, 0.05) is 23.8 Å². The number of carbonyl (C=O) groups excluding carboxylic acids is 1. The van der Waals surface area contributed by atoms with Crippen molar-refractivity contribution in [3.8, 4) is 0 Å². The van der Waals surface area contributed by atoms with Gasteiger partial charge in [-0.3, -0.25) is 0 Å². The highest BCUT2D eigenvalue weighted by molar-refractivity contribution is 6.30. The summed E-state index contributed by atoms with van der Waals surface area (Å²) in [6, 6.07) is 16.9. The number of halogens is 1. The van der Waals surface area contributed by atoms with Crippen LogP contribution in [0.15, 0.2) is 54.6 Å². The van der Waals surface area contributed by atoms with Crippen molar-refractivity contribution in [2.75, 3.05) is 18.4 Å². The Balaban J connectivity index is 1.40. The van der Waals surface area contributed by atoms with Crippen molar-refractivity contribution in [3.05, 3.63) is 65.2 Å². The van der Waals surface area contributed by atoms with Crippen molar-refractivity contribution in [2.45, 2.75) is 18.4 Å². The monoisotopic (exact) mass is 356 g/mol. The first-order valence-corrected chi connectivity index (χ1v) is 9.01. The van der Waals surface area contributed by atoms with Gasteiger partial charge in [-0.2, -0.15) is 0 Å². The summed E-state index contributed by atoms with van der Waals surface area (Å²) in [6.07, 6.45) is 1.42. The van der Waals surface area contributed by atoms with E-state index >= 15 is 0 Å². The number of hydrogen-bond acceptors (Lipinski definition) is 2. The number of nitrogens with zero attached hydrogens (tertiary/aromatic N) is 1. The summed E-state index contributed by atoms with van der Waals surface area (Å²) in [6.45, 7) is 1.37. The lowest BCUT2D eigenvalue weighted by Crippen LogP contribution is -2.35. The summed E-state index contributed by atoms with van der Waals surface area (Å²) in [5, 5.41) is 14.5. The van der Waals surface area contributed by atoms with Gasteiger partial charge in [-0.25, -0.2) is 4.79 Å². The average molecular weight is 357 g/mol. The van der Waals surface area contributed by atoms with E-state index in [9.17, 15) is 9.90 Å². The minimum Gasteiger partial charge on any atom is -0.385 e. The zero-order valence-electron chi connectivity index (χ0n) is 13.9. The molecule has 2 N–H and O–H groups in total. The van der Waals surface area contributed by atoms with Crippen LogP contribution in [0.25, 0.3) is 0 Å². The lowest BCUT2D eigenvalue weighted by atomic mass is 9.90. The van der Waals surface area contributed by atoms with E-state index in [1.165, 1.54) is 0 Å². The summed E-state index contributed by atoms with van der Waals surface area (Å²) in [5.41, 5.74) is 0.932. The maximum absolute atomic E-state index is 12.5. The minimum atomic E-state index is -0.758. The second-order valence-electron chi connectivity index (χ2n) is 7.17. The second kappa shape index (κ2) is 6.36. The number of anilines is 1. The first kappa shape index (κ1) is 16.4. The first-order chi connectivity index (χ1) is 12.0. The van der Waals surface area contributed by atoms with E-state index in [2.05, 4.69) is 5.32 Å². The standard InChI is InChI=1S/C20H21ClN2O2/c21-17-7-4-8-18(9-17)22-19(24)23-12-14-10-20(25,11-15(14)13-23)16-5-2-1-3-6-16/h1-9,14-15,25H,10-13H2,(H,22,24). The maximum Gasteiger partial charge on any atom is 0.321 e. The lowest BCUT2D eigenvalue weighted by molar-refractivity contribution is 0.0328. The number of rotatable bonds is 2. The quantitative estimate of drug-likeness (QED) is 0.851. The minimum absolute atomic E-state index is 0.0973. The van der Waals surface area contributed by atoms with Gasteiger partial charge in [0.15, 0.2) is 0 Å². The Morgan fingerprint density at radius 3 is 2.40 bits per heavy atom. The van der Waals surface area contributed by atoms with Crippen LogP contribution in [0.2, 0.25) is 5.02 Å². The van der Waals surface area contributed by atoms with Crippen molar-refractivity contribution in [2.24, 2.45) is 11.8 Å². The third kappa shape index (κ3) is 3.24. The lowest BCUT2D eigenvalue weighted by Gasteiger charge is -2.26. The van der Waals surface area contributed by atoms with Gasteiger partial charge in [0.25, 0.3) is 0 Å². The molecule has 4 nitrogen and oxygen atoms in total. The molecule has 2 unspecified atom stereocenters. The fraction of sp³-hybridized carbons (Fsp3) is 0.350. The van der Waals surface area contributed by atoms with E-state index in [4.69, 9.17) is 11.6 Å². The molecule has 0 aromatic heterocycles. The summed E-state index contributed by atoms with van der Waals surface area (Å²) < 4.78 is 0. The third-order valence-electron chi connectivity index (χ3n) is 5.45. The highest BCUT2D eigenvalue weighted by Crippen LogP contribution is 2.48. The molecule has 0 bridgehead atoms. The van der Waals surface area contributed by atoms with Crippen molar-refractivity contribution in [1.29, 1.82) is 0 Å². The van der Waals surface area contributed by atoms with Crippen molar-refractivity contribution < 1.29 is 9.90 Å². The Labute approximate surface area is 152 Å². The van der Waals surface area contributed by atoms with Crippen LogP contribution >= 0.6 is 11.6 Å². The van der Waals surface area contributed by atoms with Crippen LogP contribution < -0.4 is 5.32 Å². The molecule has 0 radical (unpaired) electrons. The zero-order chi connectivity index (χ0) is 17.4. The van der Waals surface area contributed by atoms with Crippen molar-refractivity contribution in [3.63, 3.8) is 0 Å². The molecule has 2 amide bonds. The van der Waals surface area contributed by atoms with Crippen LogP contribution in [0.4, 0.5) is 10.5 Å². The first-order valence-electron chi connectivity index (χ1n) is 8.63. The smallest absolute Gasteiger partial charge is 0.321 e. The molecule has 2 aromatic rings. The number of amides is 2. The molecule has 25 heavy (non-hydrogen) atoms. The number of likely N-dealkylation sites (tertiary alicyclic amines) is 1. The fourth-order valence-electron chi connectivity index (χ4n) is 4.27. The molecule has 2 fully saturated rings. The van der Waals surface area contributed by atoms with Crippen LogP contribution in [0.3, 0.4) is 0 Å². The van der Waals surface area contributed by atoms with Gasteiger partial charge in [0.1, 0.15) is 0 Å². The van der Waals surface area contributed by atoms with Gasteiger partial charge in [-0.15, -0.1) is 0 Å². The molecule has 2 atom stereocenters. The molecule has 1 aliphatic carbocycles. The molecular formula is C20H21ClN2O2. The van der Waals surface area contributed by atoms with Gasteiger partial charge in [0.2, 0.25) is 0 Å². The number of carbonyl (C=O) groups is 1. The van der Waals surface area contributed by atoms with Crippen LogP contribution in [0, 0.1) is 11.8 Å². The Morgan fingerprint density at radius 2 is 1.76 bits per heavy atom. The molecule has 5 heteroatoms. The van der Waals surface area contributed by atoms with Crippen LogP contribution in [-0.2, 0) is 5.60 Å². The summed E-state index contributed by atoms with van der Waals surface area (Å²) in [5.74, 6) is 0.686. The van der Waals surface area contributed by atoms with E-state index in [0.29, 0.717) is 48.5 Å². The molecule has 4 rings (SSSR count). The number of benzene rings is 2. The summed E-state index contributed by atoms with van der Waals surface area (Å²) in [4.78, 5) is 14.3. The third-order valence-corrected chi connectivity index (χ3v) is 5.69. The van der Waals surface area contributed by atoms with E-state index < -0.39 is 5.60 Å². The number of nitrogens with one attached hydrogen (secondary N) is 1. The molecule has 1 heterocycles. The van der Waals surface area contributed by atoms with Crippen molar-refractivity contribution >= 4 is 23.3 Å². The molecule has 1 aliphatic heterocycles. The average Bonchev–Trinajstić information content (AvgIpc) is 3.11. The molecule has 2 aromatic carbocycles. The number of hydrogen-bond donors (Lipinski definition) is 2. The van der Waals surface area contributed by atoms with Crippen LogP contribution in [-0.4, -0.2) is 29.1 Å². The Morgan fingerprint density at radius 1 is 1.08 bits per heavy atom. The Kier molecular flexibility index (Phi) is 4.18. The van der Waals surface area contributed by atoms with Gasteiger partial charge < -0.3 is 15.3 Å². The van der Waals surface area contributed by atoms with Gasteiger partial charge in [-0.05, 0) is 48.4 Å². The molecule has 2 aliphatic rings. The second-order valence-corrected chi connectivity index (χ2v) is 7.61. The van der Waals surface area contributed by atoms with E-state index in [0.717, 1.165) is 5.56 Å². The Hall–Kier alpha value is -2.04. The molecule has 130 valence electrons. The summed E-state index contributed by atoms with van der Waals surface area (Å²) >= 11 is 5.96. The van der Waals surface area contributed by atoms with Crippen LogP contribution in [0.1, 0.15) is 18.4 Å². The molecule has 0 spiro atoms. The van der Waals surface area contributed by atoms with Crippen LogP contribution in [0.5, 0.6) is 0 Å². The van der Waals surface area contributed by atoms with E-state index in [-0.39, 0.29) is 6.03 Å². The SMILES string of the molecule is O=C(Nc1cccc(Cl)c1)N1CC2CC(O)(c3ccccc3)CC2C1. The number of urea groups is 1. The Bertz CT molecular complexity index is 766. The van der Waals surface area contributed by atoms with Gasteiger partial charge in [0.05, 0.1) is 5.60 Å². The maximum atomic E-state index is 12.5. The topological polar surface area (TPSA) is 52.6 Å². The van der Waals surface area contributed by atoms with Crippen molar-refractivity contribution in [1.82, 2.24) is 4.90 Å². The van der Waals surface area contributed by atoms with E-state index in [1.54, 1.807) is 12.1 Å². The zero-order valence-corrected chi connectivity index (χ0v) is 14.6. The van der Waals surface area contributed by atoms with Gasteiger partial charge in [-0.1, -0.05) is 48.0 Å². The predicted octanol–water partition coefficient (Wildman–Crippen LogP) is 4.10. The predicted molar refractivity (Wildman–Crippen MR) is 98.6 cm³/mol. The molecule has 1 saturated heterocycles. The number of fused-ring (bicyclic) bond motifs is 1. The summed E-state index contributed by atoms with van der Waals surface area (Å²) in [7, 11) is 0. The fourth-order valence-corrected chi connectivity index (χ4v) is 4.46.